The van der Waals surface area contributed by atoms with Crippen molar-refractivity contribution in [2.75, 3.05) is 20.0 Å². The molecule has 3 rings (SSSR count). The summed E-state index contributed by atoms with van der Waals surface area (Å²) in [6.07, 6.45) is -2.08. The van der Waals surface area contributed by atoms with Crippen LogP contribution in [0.25, 0.3) is 0 Å². The Morgan fingerprint density at radius 1 is 1.17 bits per heavy atom. The molecular weight excluding hydrogens is 497 g/mol. The lowest BCUT2D eigenvalue weighted by Crippen LogP contribution is -2.36. The highest BCUT2D eigenvalue weighted by Crippen LogP contribution is 2.33. The summed E-state index contributed by atoms with van der Waals surface area (Å²) in [7, 11) is -1.93. The maximum Gasteiger partial charge on any atom is 0.416 e. The van der Waals surface area contributed by atoms with Crippen LogP contribution in [-0.2, 0) is 30.3 Å². The van der Waals surface area contributed by atoms with Crippen LogP contribution in [0.1, 0.15) is 42.0 Å². The molecule has 11 heteroatoms. The topological polar surface area (TPSA) is 102 Å². The van der Waals surface area contributed by atoms with Gasteiger partial charge in [0.2, 0.25) is 0 Å². The Balaban J connectivity index is 1.87. The first-order chi connectivity index (χ1) is 16.8. The van der Waals surface area contributed by atoms with Gasteiger partial charge < -0.3 is 10.1 Å². The van der Waals surface area contributed by atoms with Gasteiger partial charge >= 0.3 is 6.18 Å². The summed E-state index contributed by atoms with van der Waals surface area (Å²) >= 11 is 0. The van der Waals surface area contributed by atoms with Gasteiger partial charge in [-0.3, -0.25) is 14.6 Å². The molecule has 2 aromatic carbocycles. The second-order valence-electron chi connectivity index (χ2n) is 8.38. The van der Waals surface area contributed by atoms with E-state index in [0.29, 0.717) is 12.0 Å². The number of hydrogen-bond donors (Lipinski definition) is 1. The van der Waals surface area contributed by atoms with Crippen LogP contribution in [0.15, 0.2) is 70.2 Å². The Morgan fingerprint density at radius 3 is 2.42 bits per heavy atom. The van der Waals surface area contributed by atoms with Crippen LogP contribution in [0, 0.1) is 0 Å². The summed E-state index contributed by atoms with van der Waals surface area (Å²) in [4.78, 5) is 30.6. The largest absolute Gasteiger partial charge is 0.416 e. The van der Waals surface area contributed by atoms with Gasteiger partial charge in [0.15, 0.2) is 15.6 Å². The normalized spacial score (nSPS) is 17.3. The van der Waals surface area contributed by atoms with E-state index in [0.717, 1.165) is 24.6 Å². The molecule has 2 unspecified atom stereocenters. The van der Waals surface area contributed by atoms with Crippen molar-refractivity contribution in [2.45, 2.75) is 36.4 Å². The lowest BCUT2D eigenvalue weighted by Gasteiger charge is -2.24. The van der Waals surface area contributed by atoms with Gasteiger partial charge in [-0.15, -0.1) is 0 Å². The van der Waals surface area contributed by atoms with E-state index in [1.807, 2.05) is 0 Å². The first-order valence-electron chi connectivity index (χ1n) is 10.9. The molecule has 0 spiro atoms. The molecule has 0 fully saturated rings. The van der Waals surface area contributed by atoms with Crippen LogP contribution in [0.5, 0.6) is 0 Å². The molecule has 1 heterocycles. The number of ketones is 1. The average molecular weight is 523 g/mol. The molecule has 0 saturated heterocycles. The number of alkyl halides is 3. The van der Waals surface area contributed by atoms with Crippen LogP contribution >= 0.6 is 0 Å². The highest BCUT2D eigenvalue weighted by Gasteiger charge is 2.36. The van der Waals surface area contributed by atoms with Gasteiger partial charge in [-0.1, -0.05) is 30.3 Å². The lowest BCUT2D eigenvalue weighted by molar-refractivity contribution is -0.137. The van der Waals surface area contributed by atoms with E-state index in [2.05, 4.69) is 10.3 Å². The van der Waals surface area contributed by atoms with Crippen molar-refractivity contribution in [1.82, 2.24) is 5.32 Å². The molecule has 2 aromatic rings. The molecule has 0 saturated carbocycles. The Bertz CT molecular complexity index is 1320. The fourth-order valence-corrected chi connectivity index (χ4v) is 4.48. The van der Waals surface area contributed by atoms with E-state index in [1.54, 1.807) is 12.1 Å². The summed E-state index contributed by atoms with van der Waals surface area (Å²) in [6.45, 7) is 1.77. The Labute approximate surface area is 207 Å². The minimum absolute atomic E-state index is 0.0850. The van der Waals surface area contributed by atoms with Gasteiger partial charge in [-0.2, -0.15) is 13.2 Å². The molecule has 7 nitrogen and oxygen atoms in total. The summed E-state index contributed by atoms with van der Waals surface area (Å²) in [5, 5.41) is 2.74. The number of carbonyl (C=O) groups is 2. The second kappa shape index (κ2) is 10.8. The third-order valence-corrected chi connectivity index (χ3v) is 6.89. The van der Waals surface area contributed by atoms with Crippen LogP contribution < -0.4 is 5.32 Å². The van der Waals surface area contributed by atoms with E-state index >= 15 is 0 Å². The smallest absolute Gasteiger partial charge is 0.385 e. The number of carbonyl (C=O) groups excluding carboxylic acids is 2. The molecule has 1 aliphatic rings. The number of benzene rings is 2. The Kier molecular flexibility index (Phi) is 8.15. The zero-order valence-corrected chi connectivity index (χ0v) is 20.6. The van der Waals surface area contributed by atoms with Gasteiger partial charge in [0.1, 0.15) is 5.57 Å². The van der Waals surface area contributed by atoms with Gasteiger partial charge in [0, 0.05) is 31.9 Å². The monoisotopic (exact) mass is 522 g/mol. The molecule has 2 atom stereocenters. The molecule has 0 radical (unpaired) electrons. The Morgan fingerprint density at radius 2 is 1.83 bits per heavy atom. The van der Waals surface area contributed by atoms with Gasteiger partial charge in [-0.25, -0.2) is 8.42 Å². The van der Waals surface area contributed by atoms with Crippen LogP contribution in [0.3, 0.4) is 0 Å². The predicted octanol–water partition coefficient (Wildman–Crippen LogP) is 4.01. The molecule has 192 valence electrons. The van der Waals surface area contributed by atoms with Gasteiger partial charge in [-0.05, 0) is 42.7 Å². The third-order valence-electron chi connectivity index (χ3n) is 5.76. The number of halogens is 3. The second-order valence-corrected chi connectivity index (χ2v) is 10.4. The molecule has 1 N–H and O–H groups in total. The van der Waals surface area contributed by atoms with Crippen molar-refractivity contribution in [3.05, 3.63) is 77.0 Å². The zero-order chi connectivity index (χ0) is 26.7. The minimum Gasteiger partial charge on any atom is -0.385 e. The fourth-order valence-electron chi connectivity index (χ4n) is 3.85. The van der Waals surface area contributed by atoms with Crippen LogP contribution in [-0.4, -0.2) is 45.8 Å². The molecule has 36 heavy (non-hydrogen) atoms. The SMILES string of the molecule is COCCC(NC(=O)C1=CN=C(C)C(c2cccc(C(F)(F)F)c2)C1=O)c1ccc(S(C)(=O)=O)cc1. The number of amides is 1. The number of rotatable bonds is 8. The van der Waals surface area contributed by atoms with Crippen molar-refractivity contribution in [2.24, 2.45) is 4.99 Å². The summed E-state index contributed by atoms with van der Waals surface area (Å²) in [5.74, 6) is -2.55. The zero-order valence-electron chi connectivity index (χ0n) is 19.8. The van der Waals surface area contributed by atoms with Crippen molar-refractivity contribution < 1.29 is 35.9 Å². The molecule has 1 amide bonds. The average Bonchev–Trinajstić information content (AvgIpc) is 2.81. The van der Waals surface area contributed by atoms with Crippen molar-refractivity contribution in [1.29, 1.82) is 0 Å². The third kappa shape index (κ3) is 6.27. The molecule has 0 aromatic heterocycles. The highest BCUT2D eigenvalue weighted by molar-refractivity contribution is 7.90. The molecule has 0 aliphatic carbocycles. The van der Waals surface area contributed by atoms with Gasteiger partial charge in [0.05, 0.1) is 22.4 Å². The van der Waals surface area contributed by atoms with E-state index in [9.17, 15) is 31.2 Å². The van der Waals surface area contributed by atoms with E-state index < -0.39 is 45.2 Å². The first-order valence-corrected chi connectivity index (χ1v) is 12.8. The molecule has 0 bridgehead atoms. The molecular formula is C25H25F3N2O5S. The van der Waals surface area contributed by atoms with Crippen LogP contribution in [0.4, 0.5) is 13.2 Å². The van der Waals surface area contributed by atoms with Crippen LogP contribution in [0.2, 0.25) is 0 Å². The summed E-state index contributed by atoms with van der Waals surface area (Å²) in [5.41, 5.74) is -0.257. The number of ether oxygens (including phenoxy) is 1. The van der Waals surface area contributed by atoms with Crippen molar-refractivity contribution >= 4 is 27.2 Å². The highest BCUT2D eigenvalue weighted by atomic mass is 32.2. The minimum atomic E-state index is -4.59. The maximum absolute atomic E-state index is 13.2. The Hall–Kier alpha value is -3.31. The number of Topliss-reactive ketones (excluding diaryl/α,β-unsaturated/α-hetero) is 1. The van der Waals surface area contributed by atoms with E-state index in [-0.39, 0.29) is 28.4 Å². The number of aliphatic imine (C=N–C) groups is 1. The maximum atomic E-state index is 13.2. The van der Waals surface area contributed by atoms with E-state index in [1.165, 1.54) is 38.3 Å². The fraction of sp³-hybridized carbons (Fsp3) is 0.320. The standard InChI is InChI=1S/C25H25F3N2O5S/c1-15-22(17-5-4-6-18(13-17)25(26,27)28)23(31)20(14-29-15)24(32)30-21(11-12-35-2)16-7-9-19(10-8-16)36(3,33)34/h4-10,13-14,21-22H,11-12H2,1-3H3,(H,30,32). The number of sulfone groups is 1. The predicted molar refractivity (Wildman–Crippen MR) is 127 cm³/mol. The quantitative estimate of drug-likeness (QED) is 0.528. The van der Waals surface area contributed by atoms with Crippen molar-refractivity contribution in [3.63, 3.8) is 0 Å². The molecule has 1 aliphatic heterocycles. The number of hydrogen-bond acceptors (Lipinski definition) is 6. The van der Waals surface area contributed by atoms with E-state index in [4.69, 9.17) is 4.74 Å². The summed E-state index contributed by atoms with van der Waals surface area (Å²) in [6, 6.07) is 9.70. The van der Waals surface area contributed by atoms with Gasteiger partial charge in [0.25, 0.3) is 5.91 Å². The number of methoxy groups -OCH3 is 1. The van der Waals surface area contributed by atoms with Crippen molar-refractivity contribution in [3.8, 4) is 0 Å². The summed E-state index contributed by atoms with van der Waals surface area (Å²) < 4.78 is 68.2. The first kappa shape index (κ1) is 27.3. The number of nitrogens with zero attached hydrogens (tertiary/aromatic N) is 1. The number of nitrogens with one attached hydrogen (secondary N) is 1. The lowest BCUT2D eigenvalue weighted by atomic mass is 9.84.